The summed E-state index contributed by atoms with van der Waals surface area (Å²) in [7, 11) is 0. The lowest BCUT2D eigenvalue weighted by Gasteiger charge is -2.27. The first-order chi connectivity index (χ1) is 8.15. The molecule has 1 heterocycles. The van der Waals surface area contributed by atoms with Crippen LogP contribution in [-0.2, 0) is 0 Å². The van der Waals surface area contributed by atoms with Crippen LogP contribution in [0.4, 0.5) is 0 Å². The Labute approximate surface area is 113 Å². The van der Waals surface area contributed by atoms with Crippen molar-refractivity contribution in [3.63, 3.8) is 0 Å². The Balaban J connectivity index is 0.000000686. The van der Waals surface area contributed by atoms with Gasteiger partial charge < -0.3 is 10.2 Å². The molecule has 3 nitrogen and oxygen atoms in total. The largest absolute Gasteiger partial charge is 0.377 e. The first-order valence-electron chi connectivity index (χ1n) is 6.57. The number of rotatable bonds is 2. The molecular formula is C12H24ClNO2S. The summed E-state index contributed by atoms with van der Waals surface area (Å²) in [6.07, 6.45) is 4.94. The molecule has 0 aromatic carbocycles. The number of nitrogens with one attached hydrogen (secondary N) is 1. The normalized spacial score (nSPS) is 41.8. The zero-order chi connectivity index (χ0) is 12.8. The van der Waals surface area contributed by atoms with Crippen LogP contribution in [0.3, 0.4) is 0 Å². The molecule has 2 fully saturated rings. The molecule has 0 aromatic rings. The molecule has 0 spiro atoms. The third-order valence-electron chi connectivity index (χ3n) is 3.31. The molecule has 3 atom stereocenters. The van der Waals surface area contributed by atoms with Crippen molar-refractivity contribution in [2.45, 2.75) is 68.4 Å². The first kappa shape index (κ1) is 15.6. The Morgan fingerprint density at radius 2 is 1.76 bits per heavy atom. The average Bonchev–Trinajstić information content (AvgIpc) is 2.63. The van der Waals surface area contributed by atoms with Gasteiger partial charge in [0.05, 0.1) is 0 Å². The fraction of sp³-hybridized carbons (Fsp3) is 1.00. The van der Waals surface area contributed by atoms with Crippen LogP contribution >= 0.6 is 23.4 Å². The van der Waals surface area contributed by atoms with Crippen LogP contribution in [-0.4, -0.2) is 32.6 Å². The van der Waals surface area contributed by atoms with Gasteiger partial charge in [-0.25, -0.2) is 0 Å². The molecule has 3 unspecified atom stereocenters. The van der Waals surface area contributed by atoms with Gasteiger partial charge >= 0.3 is 0 Å². The molecule has 0 aromatic heterocycles. The van der Waals surface area contributed by atoms with Crippen LogP contribution in [0.5, 0.6) is 0 Å². The van der Waals surface area contributed by atoms with E-state index in [2.05, 4.69) is 5.32 Å². The Hall–Kier alpha value is 0.520. The van der Waals surface area contributed by atoms with Gasteiger partial charge in [-0.1, -0.05) is 13.8 Å². The highest BCUT2D eigenvalue weighted by Crippen LogP contribution is 2.36. The summed E-state index contributed by atoms with van der Waals surface area (Å²) in [6.45, 7) is 4.00. The zero-order valence-corrected chi connectivity index (χ0v) is 12.2. The van der Waals surface area contributed by atoms with Crippen molar-refractivity contribution in [2.75, 3.05) is 0 Å². The molecular weight excluding hydrogens is 258 g/mol. The second kappa shape index (κ2) is 7.85. The van der Waals surface area contributed by atoms with Gasteiger partial charge in [-0.2, -0.15) is 0 Å². The molecule has 2 rings (SSSR count). The van der Waals surface area contributed by atoms with Crippen molar-refractivity contribution < 1.29 is 10.2 Å². The lowest BCUT2D eigenvalue weighted by atomic mass is 9.85. The maximum absolute atomic E-state index is 9.62. The topological polar surface area (TPSA) is 52.5 Å². The summed E-state index contributed by atoms with van der Waals surface area (Å²) in [5, 5.41) is 22.1. The van der Waals surface area contributed by atoms with Gasteiger partial charge in [0.15, 0.2) is 5.56 Å². The standard InChI is InChI=1S/C10H18ClNO2S.C2H6/c11-7-3-1-6(2-4-7)5-8-9(13)12-10(14)15-8;1-2/h6-10,12-14H,1-5H2;1-2H3. The van der Waals surface area contributed by atoms with Crippen molar-refractivity contribution in [1.82, 2.24) is 5.32 Å². The molecule has 0 amide bonds. The summed E-state index contributed by atoms with van der Waals surface area (Å²) < 4.78 is 0. The van der Waals surface area contributed by atoms with Crippen LogP contribution < -0.4 is 5.32 Å². The second-order valence-corrected chi connectivity index (χ2v) is 6.43. The van der Waals surface area contributed by atoms with Crippen LogP contribution in [0.25, 0.3) is 0 Å². The van der Waals surface area contributed by atoms with Gasteiger partial charge in [0.2, 0.25) is 0 Å². The fourth-order valence-electron chi connectivity index (χ4n) is 2.40. The highest BCUT2D eigenvalue weighted by atomic mass is 35.5. The first-order valence-corrected chi connectivity index (χ1v) is 7.95. The molecule has 1 saturated heterocycles. The average molecular weight is 282 g/mol. The van der Waals surface area contributed by atoms with Gasteiger partial charge in [0, 0.05) is 10.6 Å². The van der Waals surface area contributed by atoms with E-state index < -0.39 is 11.8 Å². The summed E-state index contributed by atoms with van der Waals surface area (Å²) in [6, 6.07) is 0. The van der Waals surface area contributed by atoms with E-state index in [4.69, 9.17) is 11.6 Å². The van der Waals surface area contributed by atoms with E-state index in [9.17, 15) is 10.2 Å². The fourth-order valence-corrected chi connectivity index (χ4v) is 3.81. The Morgan fingerprint density at radius 1 is 1.18 bits per heavy atom. The molecule has 1 aliphatic carbocycles. The smallest absolute Gasteiger partial charge is 0.155 e. The summed E-state index contributed by atoms with van der Waals surface area (Å²) in [5.74, 6) is 0.666. The predicted octanol–water partition coefficient (Wildman–Crippen LogP) is 2.50. The minimum Gasteiger partial charge on any atom is -0.377 e. The molecule has 102 valence electrons. The van der Waals surface area contributed by atoms with E-state index in [1.54, 1.807) is 0 Å². The van der Waals surface area contributed by atoms with Gasteiger partial charge in [-0.05, 0) is 38.0 Å². The maximum Gasteiger partial charge on any atom is 0.155 e. The van der Waals surface area contributed by atoms with Gasteiger partial charge in [-0.15, -0.1) is 23.4 Å². The Bertz CT molecular complexity index is 213. The molecule has 5 heteroatoms. The maximum atomic E-state index is 9.62. The molecule has 17 heavy (non-hydrogen) atoms. The lowest BCUT2D eigenvalue weighted by Crippen LogP contribution is -2.33. The van der Waals surface area contributed by atoms with Crippen molar-refractivity contribution in [3.8, 4) is 0 Å². The number of alkyl halides is 1. The van der Waals surface area contributed by atoms with Crippen LogP contribution in [0.1, 0.15) is 46.0 Å². The number of aliphatic hydroxyl groups excluding tert-OH is 2. The van der Waals surface area contributed by atoms with E-state index in [-0.39, 0.29) is 5.25 Å². The molecule has 1 aliphatic heterocycles. The quantitative estimate of drug-likeness (QED) is 0.681. The second-order valence-electron chi connectivity index (χ2n) is 4.49. The molecule has 2 aliphatic rings. The number of halogens is 1. The summed E-state index contributed by atoms with van der Waals surface area (Å²) in [5.41, 5.74) is -0.602. The highest BCUT2D eigenvalue weighted by Gasteiger charge is 2.34. The predicted molar refractivity (Wildman–Crippen MR) is 74.1 cm³/mol. The van der Waals surface area contributed by atoms with Crippen molar-refractivity contribution in [2.24, 2.45) is 5.92 Å². The van der Waals surface area contributed by atoms with Gasteiger partial charge in [-0.3, -0.25) is 5.32 Å². The van der Waals surface area contributed by atoms with Crippen LogP contribution in [0, 0.1) is 5.92 Å². The summed E-state index contributed by atoms with van der Waals surface area (Å²) >= 11 is 7.47. The van der Waals surface area contributed by atoms with Crippen LogP contribution in [0.2, 0.25) is 0 Å². The molecule has 0 radical (unpaired) electrons. The molecule has 3 N–H and O–H groups in total. The minimum atomic E-state index is -0.602. The minimum absolute atomic E-state index is 0.136. The zero-order valence-electron chi connectivity index (χ0n) is 10.6. The van der Waals surface area contributed by atoms with Crippen LogP contribution in [0.15, 0.2) is 0 Å². The monoisotopic (exact) mass is 281 g/mol. The van der Waals surface area contributed by atoms with E-state index in [1.807, 2.05) is 13.8 Å². The number of hydrogen-bond donors (Lipinski definition) is 3. The highest BCUT2D eigenvalue weighted by molar-refractivity contribution is 8.00. The van der Waals surface area contributed by atoms with E-state index in [0.717, 1.165) is 32.1 Å². The Morgan fingerprint density at radius 3 is 2.24 bits per heavy atom. The van der Waals surface area contributed by atoms with E-state index >= 15 is 0 Å². The number of hydrogen-bond acceptors (Lipinski definition) is 4. The van der Waals surface area contributed by atoms with Crippen molar-refractivity contribution in [1.29, 1.82) is 0 Å². The van der Waals surface area contributed by atoms with E-state index in [1.165, 1.54) is 11.8 Å². The molecule has 0 bridgehead atoms. The third-order valence-corrected chi connectivity index (χ3v) is 4.94. The van der Waals surface area contributed by atoms with E-state index in [0.29, 0.717) is 11.3 Å². The summed E-state index contributed by atoms with van der Waals surface area (Å²) in [4.78, 5) is 0. The third kappa shape index (κ3) is 4.95. The van der Waals surface area contributed by atoms with Crippen molar-refractivity contribution in [3.05, 3.63) is 0 Å². The van der Waals surface area contributed by atoms with Gasteiger partial charge in [0.25, 0.3) is 0 Å². The Kier molecular flexibility index (Phi) is 7.19. The SMILES string of the molecule is CC.OC1NC(O)C(CC2CCC(Cl)CC2)S1. The number of thioether (sulfide) groups is 1. The molecule has 1 saturated carbocycles. The van der Waals surface area contributed by atoms with Crippen molar-refractivity contribution >= 4 is 23.4 Å². The van der Waals surface area contributed by atoms with Gasteiger partial charge in [0.1, 0.15) is 6.23 Å². The lowest BCUT2D eigenvalue weighted by molar-refractivity contribution is 0.0933. The number of aliphatic hydroxyl groups is 2.